The summed E-state index contributed by atoms with van der Waals surface area (Å²) in [5.41, 5.74) is 9.39. The van der Waals surface area contributed by atoms with Crippen LogP contribution < -0.4 is 5.73 Å². The van der Waals surface area contributed by atoms with Gasteiger partial charge in [-0.15, -0.1) is 0 Å². The van der Waals surface area contributed by atoms with Crippen LogP contribution in [0.25, 0.3) is 0 Å². The van der Waals surface area contributed by atoms with Gasteiger partial charge < -0.3 is 10.8 Å². The Bertz CT molecular complexity index is 584. The van der Waals surface area contributed by atoms with E-state index < -0.39 is 6.10 Å². The number of aryl methyl sites for hydroxylation is 2. The summed E-state index contributed by atoms with van der Waals surface area (Å²) in [4.78, 5) is 3.95. The first kappa shape index (κ1) is 12.9. The zero-order chi connectivity index (χ0) is 13.3. The van der Waals surface area contributed by atoms with E-state index in [1.807, 2.05) is 32.0 Å². The lowest BCUT2D eigenvalue weighted by atomic mass is 9.98. The third-order valence-electron chi connectivity index (χ3n) is 3.06. The number of aromatic nitrogens is 1. The summed E-state index contributed by atoms with van der Waals surface area (Å²) in [6.45, 7) is 4.03. The van der Waals surface area contributed by atoms with Gasteiger partial charge in [0.05, 0.1) is 5.02 Å². The summed E-state index contributed by atoms with van der Waals surface area (Å²) < 4.78 is 0. The maximum atomic E-state index is 10.3. The molecule has 0 amide bonds. The first-order chi connectivity index (χ1) is 8.49. The van der Waals surface area contributed by atoms with Crippen molar-refractivity contribution < 1.29 is 5.11 Å². The maximum Gasteiger partial charge on any atom is 0.129 e. The summed E-state index contributed by atoms with van der Waals surface area (Å²) in [7, 11) is 0. The summed E-state index contributed by atoms with van der Waals surface area (Å²) in [5.74, 6) is 0.296. The molecule has 4 heteroatoms. The zero-order valence-electron chi connectivity index (χ0n) is 10.3. The Morgan fingerprint density at radius 1 is 1.22 bits per heavy atom. The highest BCUT2D eigenvalue weighted by atomic mass is 35.5. The molecule has 1 aromatic heterocycles. The molecule has 1 heterocycles. The monoisotopic (exact) mass is 262 g/mol. The Hall–Kier alpha value is -1.58. The Balaban J connectivity index is 2.44. The molecule has 1 aromatic carbocycles. The molecule has 2 aromatic rings. The summed E-state index contributed by atoms with van der Waals surface area (Å²) in [6, 6.07) is 7.44. The van der Waals surface area contributed by atoms with Crippen LogP contribution in [0.1, 0.15) is 28.4 Å². The molecule has 0 saturated heterocycles. The molecule has 1 unspecified atom stereocenters. The molecule has 1 atom stereocenters. The molecular formula is C14H15ClN2O. The lowest BCUT2D eigenvalue weighted by Gasteiger charge is -2.14. The minimum atomic E-state index is -0.810. The fraction of sp³-hybridized carbons (Fsp3) is 0.214. The minimum absolute atomic E-state index is 0.296. The van der Waals surface area contributed by atoms with Crippen LogP contribution in [0.3, 0.4) is 0 Å². The zero-order valence-corrected chi connectivity index (χ0v) is 11.1. The predicted octanol–water partition coefficient (Wildman–Crippen LogP) is 3.02. The number of hydrogen-bond donors (Lipinski definition) is 2. The minimum Gasteiger partial charge on any atom is -0.384 e. The van der Waals surface area contributed by atoms with Gasteiger partial charge in [-0.25, -0.2) is 4.98 Å². The summed E-state index contributed by atoms with van der Waals surface area (Å²) in [6.07, 6.45) is 0.656. The Labute approximate surface area is 111 Å². The average molecular weight is 263 g/mol. The largest absolute Gasteiger partial charge is 0.384 e. The number of anilines is 1. The lowest BCUT2D eigenvalue weighted by Crippen LogP contribution is -2.06. The molecule has 2 rings (SSSR count). The van der Waals surface area contributed by atoms with Crippen molar-refractivity contribution in [3.8, 4) is 0 Å². The van der Waals surface area contributed by atoms with E-state index in [2.05, 4.69) is 4.98 Å². The molecular weight excluding hydrogens is 248 g/mol. The fourth-order valence-corrected chi connectivity index (χ4v) is 1.97. The van der Waals surface area contributed by atoms with Crippen LogP contribution in [0.2, 0.25) is 5.02 Å². The van der Waals surface area contributed by atoms with Crippen molar-refractivity contribution >= 4 is 17.4 Å². The molecule has 94 valence electrons. The van der Waals surface area contributed by atoms with E-state index >= 15 is 0 Å². The molecule has 0 spiro atoms. The van der Waals surface area contributed by atoms with Crippen molar-refractivity contribution in [3.63, 3.8) is 0 Å². The number of halogens is 1. The van der Waals surface area contributed by atoms with E-state index in [4.69, 9.17) is 17.3 Å². The Kier molecular flexibility index (Phi) is 3.55. The third-order valence-corrected chi connectivity index (χ3v) is 3.26. The molecule has 18 heavy (non-hydrogen) atoms. The molecule has 0 bridgehead atoms. The number of nitrogen functional groups attached to an aromatic ring is 1. The SMILES string of the molecule is Cc1ccc(C(O)c2cc(Cl)cnc2N)cc1C. The van der Waals surface area contributed by atoms with E-state index in [0.717, 1.165) is 11.1 Å². The van der Waals surface area contributed by atoms with Gasteiger partial charge in [-0.3, -0.25) is 0 Å². The van der Waals surface area contributed by atoms with Gasteiger partial charge in [-0.2, -0.15) is 0 Å². The molecule has 0 fully saturated rings. The van der Waals surface area contributed by atoms with Gasteiger partial charge in [0.2, 0.25) is 0 Å². The number of nitrogens with zero attached hydrogens (tertiary/aromatic N) is 1. The molecule has 0 saturated carbocycles. The standard InChI is InChI=1S/C14H15ClN2O/c1-8-3-4-10(5-9(8)2)13(18)12-6-11(15)7-17-14(12)16/h3-7,13,18H,1-2H3,(H2,16,17). The van der Waals surface area contributed by atoms with Gasteiger partial charge in [0.1, 0.15) is 11.9 Å². The van der Waals surface area contributed by atoms with E-state index in [-0.39, 0.29) is 0 Å². The van der Waals surface area contributed by atoms with Gasteiger partial charge in [-0.05, 0) is 36.6 Å². The Morgan fingerprint density at radius 3 is 2.61 bits per heavy atom. The quantitative estimate of drug-likeness (QED) is 0.875. The highest BCUT2D eigenvalue weighted by molar-refractivity contribution is 6.30. The number of rotatable bonds is 2. The van der Waals surface area contributed by atoms with Gasteiger partial charge in [0.15, 0.2) is 0 Å². The smallest absolute Gasteiger partial charge is 0.129 e. The van der Waals surface area contributed by atoms with Crippen LogP contribution in [0.4, 0.5) is 5.82 Å². The number of aliphatic hydroxyl groups excluding tert-OH is 1. The first-order valence-electron chi connectivity index (χ1n) is 5.65. The fourth-order valence-electron chi connectivity index (χ4n) is 1.80. The second-order valence-corrected chi connectivity index (χ2v) is 4.81. The van der Waals surface area contributed by atoms with E-state index in [9.17, 15) is 5.11 Å². The van der Waals surface area contributed by atoms with Crippen molar-refractivity contribution in [3.05, 3.63) is 57.7 Å². The van der Waals surface area contributed by atoms with Crippen molar-refractivity contribution in [2.75, 3.05) is 5.73 Å². The lowest BCUT2D eigenvalue weighted by molar-refractivity contribution is 0.220. The van der Waals surface area contributed by atoms with Crippen LogP contribution in [-0.4, -0.2) is 10.1 Å². The molecule has 3 nitrogen and oxygen atoms in total. The van der Waals surface area contributed by atoms with E-state index in [1.54, 1.807) is 6.07 Å². The van der Waals surface area contributed by atoms with Crippen LogP contribution in [0.15, 0.2) is 30.5 Å². The van der Waals surface area contributed by atoms with Gasteiger partial charge in [-0.1, -0.05) is 29.8 Å². The van der Waals surface area contributed by atoms with Gasteiger partial charge in [0, 0.05) is 11.8 Å². The van der Waals surface area contributed by atoms with Crippen molar-refractivity contribution in [1.29, 1.82) is 0 Å². The van der Waals surface area contributed by atoms with Gasteiger partial charge in [0.25, 0.3) is 0 Å². The number of aliphatic hydroxyl groups is 1. The number of benzene rings is 1. The van der Waals surface area contributed by atoms with Crippen molar-refractivity contribution in [1.82, 2.24) is 4.98 Å². The highest BCUT2D eigenvalue weighted by Gasteiger charge is 2.15. The number of nitrogens with two attached hydrogens (primary N) is 1. The summed E-state index contributed by atoms with van der Waals surface area (Å²) in [5, 5.41) is 10.8. The third kappa shape index (κ3) is 2.47. The predicted molar refractivity (Wildman–Crippen MR) is 73.6 cm³/mol. The van der Waals surface area contributed by atoms with Crippen LogP contribution >= 0.6 is 11.6 Å². The number of pyridine rings is 1. The number of hydrogen-bond acceptors (Lipinski definition) is 3. The molecule has 0 aliphatic heterocycles. The maximum absolute atomic E-state index is 10.3. The molecule has 0 aliphatic carbocycles. The second kappa shape index (κ2) is 4.96. The average Bonchev–Trinajstić information content (AvgIpc) is 2.35. The van der Waals surface area contributed by atoms with E-state index in [0.29, 0.717) is 16.4 Å². The van der Waals surface area contributed by atoms with Crippen molar-refractivity contribution in [2.24, 2.45) is 0 Å². The normalized spacial score (nSPS) is 12.4. The van der Waals surface area contributed by atoms with Crippen LogP contribution in [-0.2, 0) is 0 Å². The van der Waals surface area contributed by atoms with Crippen molar-refractivity contribution in [2.45, 2.75) is 20.0 Å². The highest BCUT2D eigenvalue weighted by Crippen LogP contribution is 2.28. The first-order valence-corrected chi connectivity index (χ1v) is 6.03. The second-order valence-electron chi connectivity index (χ2n) is 4.37. The topological polar surface area (TPSA) is 59.1 Å². The van der Waals surface area contributed by atoms with Gasteiger partial charge >= 0.3 is 0 Å². The van der Waals surface area contributed by atoms with Crippen LogP contribution in [0, 0.1) is 13.8 Å². The molecule has 0 aliphatic rings. The molecule has 3 N–H and O–H groups in total. The van der Waals surface area contributed by atoms with Crippen LogP contribution in [0.5, 0.6) is 0 Å². The summed E-state index contributed by atoms with van der Waals surface area (Å²) >= 11 is 5.88. The van der Waals surface area contributed by atoms with E-state index in [1.165, 1.54) is 11.8 Å². The Morgan fingerprint density at radius 2 is 1.94 bits per heavy atom. The molecule has 0 radical (unpaired) electrons.